The van der Waals surface area contributed by atoms with Crippen molar-refractivity contribution in [2.24, 2.45) is 0 Å². The van der Waals surface area contributed by atoms with Gasteiger partial charge in [0.15, 0.2) is 0 Å². The Bertz CT molecular complexity index is 255. The molecule has 1 aliphatic rings. The summed E-state index contributed by atoms with van der Waals surface area (Å²) in [5.74, 6) is 3.34. The van der Waals surface area contributed by atoms with Gasteiger partial charge in [-0.2, -0.15) is 16.1 Å². The van der Waals surface area contributed by atoms with Crippen LogP contribution in [0.1, 0.15) is 5.82 Å². The lowest BCUT2D eigenvalue weighted by Crippen LogP contribution is -2.32. The van der Waals surface area contributed by atoms with Gasteiger partial charge in [0.2, 0.25) is 5.13 Å². The molecule has 0 atom stereocenters. The first-order valence-electron chi connectivity index (χ1n) is 3.99. The Hall–Kier alpha value is -0.290. The number of anilines is 1. The number of thioether (sulfide) groups is 1. The number of nitrogens with zero attached hydrogens (tertiary/aromatic N) is 3. The summed E-state index contributed by atoms with van der Waals surface area (Å²) in [6.07, 6.45) is 0. The largest absolute Gasteiger partial charge is 0.345 e. The molecule has 2 rings (SSSR count). The molecule has 12 heavy (non-hydrogen) atoms. The molecule has 0 bridgehead atoms. The zero-order valence-electron chi connectivity index (χ0n) is 6.99. The Kier molecular flexibility index (Phi) is 2.51. The first kappa shape index (κ1) is 8.31. The maximum absolute atomic E-state index is 4.36. The van der Waals surface area contributed by atoms with Gasteiger partial charge < -0.3 is 4.90 Å². The molecule has 3 nitrogen and oxygen atoms in total. The van der Waals surface area contributed by atoms with E-state index in [-0.39, 0.29) is 0 Å². The quantitative estimate of drug-likeness (QED) is 0.687. The fourth-order valence-corrected chi connectivity index (χ4v) is 2.80. The summed E-state index contributed by atoms with van der Waals surface area (Å²) >= 11 is 3.53. The van der Waals surface area contributed by atoms with Crippen molar-refractivity contribution in [1.82, 2.24) is 9.36 Å². The van der Waals surface area contributed by atoms with Gasteiger partial charge in [0.1, 0.15) is 5.82 Å². The Morgan fingerprint density at radius 1 is 1.33 bits per heavy atom. The highest BCUT2D eigenvalue weighted by atomic mass is 32.2. The molecular weight excluding hydrogens is 190 g/mol. The standard InChI is InChI=1S/C7H11N3S2/c1-6-8-7(12-9-6)10-2-4-11-5-3-10/h2-5H2,1H3. The van der Waals surface area contributed by atoms with E-state index in [1.807, 2.05) is 18.7 Å². The van der Waals surface area contributed by atoms with Gasteiger partial charge in [0.05, 0.1) is 0 Å². The topological polar surface area (TPSA) is 29.0 Å². The molecule has 0 amide bonds. The van der Waals surface area contributed by atoms with Crippen molar-refractivity contribution in [1.29, 1.82) is 0 Å². The van der Waals surface area contributed by atoms with Crippen LogP contribution in [0.5, 0.6) is 0 Å². The highest BCUT2D eigenvalue weighted by Crippen LogP contribution is 2.20. The second-order valence-corrected chi connectivity index (χ2v) is 4.68. The molecule has 0 aliphatic carbocycles. The molecule has 0 radical (unpaired) electrons. The number of rotatable bonds is 1. The average molecular weight is 201 g/mol. The summed E-state index contributed by atoms with van der Waals surface area (Å²) < 4.78 is 4.17. The van der Waals surface area contributed by atoms with Gasteiger partial charge >= 0.3 is 0 Å². The van der Waals surface area contributed by atoms with Crippen LogP contribution in [0.2, 0.25) is 0 Å². The molecule has 1 saturated heterocycles. The number of hydrogen-bond acceptors (Lipinski definition) is 5. The molecule has 1 aromatic rings. The van der Waals surface area contributed by atoms with Crippen molar-refractivity contribution >= 4 is 28.4 Å². The van der Waals surface area contributed by atoms with Crippen LogP contribution in [0, 0.1) is 6.92 Å². The smallest absolute Gasteiger partial charge is 0.205 e. The third-order valence-electron chi connectivity index (χ3n) is 1.80. The van der Waals surface area contributed by atoms with Gasteiger partial charge in [-0.3, -0.25) is 0 Å². The first-order chi connectivity index (χ1) is 5.86. The highest BCUT2D eigenvalue weighted by Gasteiger charge is 2.13. The van der Waals surface area contributed by atoms with Crippen LogP contribution in [-0.2, 0) is 0 Å². The maximum Gasteiger partial charge on any atom is 0.205 e. The van der Waals surface area contributed by atoms with Crippen molar-refractivity contribution in [3.8, 4) is 0 Å². The van der Waals surface area contributed by atoms with Crippen LogP contribution in [0.4, 0.5) is 5.13 Å². The monoisotopic (exact) mass is 201 g/mol. The SMILES string of the molecule is Cc1nsc(N2CCSCC2)n1. The van der Waals surface area contributed by atoms with E-state index in [9.17, 15) is 0 Å². The van der Waals surface area contributed by atoms with Crippen molar-refractivity contribution in [2.75, 3.05) is 29.5 Å². The summed E-state index contributed by atoms with van der Waals surface area (Å²) in [5.41, 5.74) is 0. The minimum atomic E-state index is 0.897. The normalized spacial score (nSPS) is 18.2. The van der Waals surface area contributed by atoms with Gasteiger partial charge in [0.25, 0.3) is 0 Å². The van der Waals surface area contributed by atoms with Crippen molar-refractivity contribution in [3.63, 3.8) is 0 Å². The van der Waals surface area contributed by atoms with E-state index in [2.05, 4.69) is 14.3 Å². The lowest BCUT2D eigenvalue weighted by molar-refractivity contribution is 0.849. The van der Waals surface area contributed by atoms with Crippen LogP contribution in [0.25, 0.3) is 0 Å². The summed E-state index contributed by atoms with van der Waals surface area (Å²) in [4.78, 5) is 6.68. The zero-order chi connectivity index (χ0) is 8.39. The summed E-state index contributed by atoms with van der Waals surface area (Å²) in [7, 11) is 0. The van der Waals surface area contributed by atoms with E-state index in [4.69, 9.17) is 0 Å². The van der Waals surface area contributed by atoms with Crippen LogP contribution in [-0.4, -0.2) is 34.0 Å². The molecule has 0 saturated carbocycles. The molecule has 1 fully saturated rings. The summed E-state index contributed by atoms with van der Waals surface area (Å²) in [5, 5.41) is 1.09. The van der Waals surface area contributed by atoms with Crippen molar-refractivity contribution in [3.05, 3.63) is 5.82 Å². The van der Waals surface area contributed by atoms with Gasteiger partial charge in [-0.1, -0.05) is 0 Å². The van der Waals surface area contributed by atoms with Gasteiger partial charge in [-0.25, -0.2) is 4.98 Å². The van der Waals surface area contributed by atoms with E-state index in [0.29, 0.717) is 0 Å². The summed E-state index contributed by atoms with van der Waals surface area (Å²) in [6.45, 7) is 4.19. The molecule has 1 aromatic heterocycles. The fourth-order valence-electron chi connectivity index (χ4n) is 1.17. The van der Waals surface area contributed by atoms with Gasteiger partial charge in [-0.15, -0.1) is 0 Å². The van der Waals surface area contributed by atoms with E-state index in [0.717, 1.165) is 24.0 Å². The van der Waals surface area contributed by atoms with E-state index in [1.54, 1.807) is 0 Å². The molecule has 2 heterocycles. The van der Waals surface area contributed by atoms with Crippen molar-refractivity contribution in [2.45, 2.75) is 6.92 Å². The van der Waals surface area contributed by atoms with Crippen LogP contribution < -0.4 is 4.90 Å². The molecule has 0 unspecified atom stereocenters. The predicted octanol–water partition coefficient (Wildman–Crippen LogP) is 1.40. The first-order valence-corrected chi connectivity index (χ1v) is 5.92. The van der Waals surface area contributed by atoms with Gasteiger partial charge in [-0.05, 0) is 6.92 Å². The second kappa shape index (κ2) is 3.62. The van der Waals surface area contributed by atoms with Crippen LogP contribution >= 0.6 is 23.3 Å². The molecule has 0 spiro atoms. The highest BCUT2D eigenvalue weighted by molar-refractivity contribution is 7.99. The zero-order valence-corrected chi connectivity index (χ0v) is 8.62. The number of aryl methyl sites for hydroxylation is 1. The second-order valence-electron chi connectivity index (χ2n) is 2.72. The molecule has 66 valence electrons. The number of aromatic nitrogens is 2. The number of hydrogen-bond donors (Lipinski definition) is 0. The van der Waals surface area contributed by atoms with E-state index >= 15 is 0 Å². The molecule has 1 aliphatic heterocycles. The molecule has 0 N–H and O–H groups in total. The Labute approximate surface area is 80.4 Å². The van der Waals surface area contributed by atoms with Gasteiger partial charge in [0, 0.05) is 36.1 Å². The fraction of sp³-hybridized carbons (Fsp3) is 0.714. The summed E-state index contributed by atoms with van der Waals surface area (Å²) in [6, 6.07) is 0. The average Bonchev–Trinajstić information content (AvgIpc) is 2.54. The van der Waals surface area contributed by atoms with Crippen LogP contribution in [0.3, 0.4) is 0 Å². The van der Waals surface area contributed by atoms with Crippen molar-refractivity contribution < 1.29 is 0 Å². The molecule has 5 heteroatoms. The maximum atomic E-state index is 4.36. The van der Waals surface area contributed by atoms with E-state index < -0.39 is 0 Å². The lowest BCUT2D eigenvalue weighted by atomic mass is 10.5. The molecular formula is C7H11N3S2. The predicted molar refractivity (Wildman–Crippen MR) is 54.2 cm³/mol. The minimum absolute atomic E-state index is 0.897. The third kappa shape index (κ3) is 1.72. The Morgan fingerprint density at radius 3 is 2.67 bits per heavy atom. The lowest BCUT2D eigenvalue weighted by Gasteiger charge is -2.24. The Balaban J connectivity index is 2.08. The third-order valence-corrected chi connectivity index (χ3v) is 3.61. The van der Waals surface area contributed by atoms with E-state index in [1.165, 1.54) is 23.0 Å². The molecule has 0 aromatic carbocycles. The minimum Gasteiger partial charge on any atom is -0.345 e. The van der Waals surface area contributed by atoms with Crippen LogP contribution in [0.15, 0.2) is 0 Å². The Morgan fingerprint density at radius 2 is 2.08 bits per heavy atom.